The van der Waals surface area contributed by atoms with Crippen LogP contribution in [0.3, 0.4) is 0 Å². The van der Waals surface area contributed by atoms with Crippen molar-refractivity contribution in [3.05, 3.63) is 131 Å². The lowest BCUT2D eigenvalue weighted by Crippen LogP contribution is -2.34. The Morgan fingerprint density at radius 2 is 1.03 bits per heavy atom. The zero-order chi connectivity index (χ0) is 19.7. The van der Waals surface area contributed by atoms with Crippen LogP contribution in [0, 0.1) is 0 Å². The highest BCUT2D eigenvalue weighted by Gasteiger charge is 2.53. The molecule has 0 fully saturated rings. The van der Waals surface area contributed by atoms with Crippen molar-refractivity contribution in [1.82, 2.24) is 0 Å². The molecule has 0 nitrogen and oxygen atoms in total. The highest BCUT2D eigenvalue weighted by molar-refractivity contribution is 9.10. The Hall–Kier alpha value is -2.47. The second-order valence-electron chi connectivity index (χ2n) is 7.28. The van der Waals surface area contributed by atoms with Gasteiger partial charge in [0, 0.05) is 10.0 Å². The Balaban J connectivity index is 1.88. The summed E-state index contributed by atoms with van der Waals surface area (Å²) in [6.07, 6.45) is 4.73. The van der Waals surface area contributed by atoms with Crippen LogP contribution >= 0.6 is 23.2 Å². The Morgan fingerprint density at radius 3 is 1.52 bits per heavy atom. The summed E-state index contributed by atoms with van der Waals surface area (Å²) in [6, 6.07) is 39.9. The number of benzene rings is 4. The van der Waals surface area contributed by atoms with E-state index in [1.54, 1.807) is 0 Å². The molecular formula is C27H21BrP+. The summed E-state index contributed by atoms with van der Waals surface area (Å²) < 4.78 is 1.17. The van der Waals surface area contributed by atoms with Crippen LogP contribution in [0.25, 0.3) is 6.08 Å². The van der Waals surface area contributed by atoms with Crippen molar-refractivity contribution in [2.24, 2.45) is 0 Å². The largest absolute Gasteiger partial charge is 0.128 e. The first kappa shape index (κ1) is 18.6. The molecule has 4 aromatic rings. The van der Waals surface area contributed by atoms with Gasteiger partial charge in [-0.05, 0) is 54.1 Å². The van der Waals surface area contributed by atoms with Crippen LogP contribution in [0.15, 0.2) is 120 Å². The third kappa shape index (κ3) is 3.01. The Labute approximate surface area is 181 Å². The Bertz CT molecular complexity index is 1050. The zero-order valence-electron chi connectivity index (χ0n) is 15.9. The molecule has 0 amide bonds. The van der Waals surface area contributed by atoms with E-state index in [0.717, 1.165) is 0 Å². The van der Waals surface area contributed by atoms with Crippen LogP contribution in [-0.2, 0) is 0 Å². The molecule has 0 aliphatic heterocycles. The van der Waals surface area contributed by atoms with Gasteiger partial charge in [-0.25, -0.2) is 0 Å². The van der Waals surface area contributed by atoms with Gasteiger partial charge in [0.15, 0.2) is 0 Å². The minimum absolute atomic E-state index is 0.308. The molecule has 1 unspecified atom stereocenters. The lowest BCUT2D eigenvalue weighted by atomic mass is 10.1. The van der Waals surface area contributed by atoms with E-state index in [1.165, 1.54) is 31.5 Å². The molecule has 0 spiro atoms. The van der Waals surface area contributed by atoms with Crippen molar-refractivity contribution in [3.8, 4) is 0 Å². The van der Waals surface area contributed by atoms with Crippen LogP contribution in [0.1, 0.15) is 16.8 Å². The first-order valence-electron chi connectivity index (χ1n) is 9.84. The summed E-state index contributed by atoms with van der Waals surface area (Å²) in [5.74, 6) is 0. The van der Waals surface area contributed by atoms with Crippen molar-refractivity contribution in [2.75, 3.05) is 0 Å². The third-order valence-electron chi connectivity index (χ3n) is 5.76. The number of rotatable bonds is 4. The molecule has 0 saturated carbocycles. The Morgan fingerprint density at radius 1 is 0.552 bits per heavy atom. The molecule has 1 aliphatic rings. The number of allylic oxidation sites excluding steroid dienone is 1. The van der Waals surface area contributed by atoms with E-state index in [4.69, 9.17) is 0 Å². The summed E-state index contributed by atoms with van der Waals surface area (Å²) in [5, 5.41) is 4.25. The number of hydrogen-bond donors (Lipinski definition) is 0. The summed E-state index contributed by atoms with van der Waals surface area (Å²) in [4.78, 5) is 0. The molecule has 29 heavy (non-hydrogen) atoms. The molecule has 1 aliphatic carbocycles. The molecule has 4 aromatic carbocycles. The molecule has 0 bridgehead atoms. The molecule has 0 N–H and O–H groups in total. The molecular weight excluding hydrogens is 435 g/mol. The van der Waals surface area contributed by atoms with Crippen molar-refractivity contribution < 1.29 is 0 Å². The topological polar surface area (TPSA) is 0 Å². The average Bonchev–Trinajstić information content (AvgIpc) is 3.23. The molecule has 2 heteroatoms. The van der Waals surface area contributed by atoms with Gasteiger partial charge in [-0.1, -0.05) is 88.7 Å². The Kier molecular flexibility index (Phi) is 4.96. The molecule has 0 aromatic heterocycles. The monoisotopic (exact) mass is 455 g/mol. The van der Waals surface area contributed by atoms with Crippen LogP contribution < -0.4 is 15.9 Å². The third-order valence-corrected chi connectivity index (χ3v) is 11.1. The molecule has 5 rings (SSSR count). The summed E-state index contributed by atoms with van der Waals surface area (Å²) in [7, 11) is -1.96. The average molecular weight is 456 g/mol. The van der Waals surface area contributed by atoms with Crippen LogP contribution in [0.4, 0.5) is 0 Å². The van der Waals surface area contributed by atoms with Gasteiger partial charge in [0.25, 0.3) is 0 Å². The maximum Gasteiger partial charge on any atom is 0.128 e. The van der Waals surface area contributed by atoms with E-state index in [-0.39, 0.29) is 0 Å². The van der Waals surface area contributed by atoms with Gasteiger partial charge in [0.1, 0.15) is 28.8 Å². The summed E-state index contributed by atoms with van der Waals surface area (Å²) in [5.41, 5.74) is 3.02. The lowest BCUT2D eigenvalue weighted by Gasteiger charge is -2.32. The minimum atomic E-state index is -1.96. The second kappa shape index (κ2) is 7.75. The molecule has 1 atom stereocenters. The van der Waals surface area contributed by atoms with Crippen LogP contribution in [0.2, 0.25) is 0 Å². The second-order valence-corrected chi connectivity index (χ2v) is 11.7. The number of halogens is 1. The predicted octanol–water partition coefficient (Wildman–Crippen LogP) is 6.51. The van der Waals surface area contributed by atoms with E-state index in [2.05, 4.69) is 137 Å². The minimum Gasteiger partial charge on any atom is -0.0620 e. The fourth-order valence-corrected chi connectivity index (χ4v) is 9.82. The van der Waals surface area contributed by atoms with Crippen molar-refractivity contribution in [3.63, 3.8) is 0 Å². The van der Waals surface area contributed by atoms with E-state index in [1.807, 2.05) is 0 Å². The van der Waals surface area contributed by atoms with Crippen molar-refractivity contribution in [1.29, 1.82) is 0 Å². The van der Waals surface area contributed by atoms with Gasteiger partial charge in [-0.15, -0.1) is 0 Å². The quantitative estimate of drug-likeness (QED) is 0.307. The van der Waals surface area contributed by atoms with Gasteiger partial charge in [-0.2, -0.15) is 0 Å². The van der Waals surface area contributed by atoms with Gasteiger partial charge >= 0.3 is 0 Å². The van der Waals surface area contributed by atoms with Gasteiger partial charge in [-0.3, -0.25) is 0 Å². The van der Waals surface area contributed by atoms with Crippen molar-refractivity contribution >= 4 is 45.2 Å². The van der Waals surface area contributed by atoms with E-state index >= 15 is 0 Å². The standard InChI is InChI=1S/C27H21BrP/c28-26-18-10-17-25-24(26)19-20-27(25)29(21-11-4-1-5-12-21,22-13-6-2-7-14-22)23-15-8-3-9-16-23/h1-20,27H/q+1. The molecule has 0 radical (unpaired) electrons. The first-order chi connectivity index (χ1) is 14.3. The molecule has 140 valence electrons. The van der Waals surface area contributed by atoms with Crippen LogP contribution in [-0.4, -0.2) is 0 Å². The van der Waals surface area contributed by atoms with E-state index in [9.17, 15) is 0 Å². The fourth-order valence-electron chi connectivity index (χ4n) is 4.53. The SMILES string of the molecule is Brc1cccc2c1C=CC2[P+](c1ccccc1)(c1ccccc1)c1ccccc1. The highest BCUT2D eigenvalue weighted by Crippen LogP contribution is 2.69. The van der Waals surface area contributed by atoms with Gasteiger partial charge < -0.3 is 0 Å². The number of fused-ring (bicyclic) bond motifs is 1. The highest BCUT2D eigenvalue weighted by atomic mass is 79.9. The van der Waals surface area contributed by atoms with Crippen LogP contribution in [0.5, 0.6) is 0 Å². The smallest absolute Gasteiger partial charge is 0.0620 e. The normalized spacial score (nSPS) is 15.3. The maximum atomic E-state index is 3.77. The lowest BCUT2D eigenvalue weighted by molar-refractivity contribution is 1.23. The van der Waals surface area contributed by atoms with Gasteiger partial charge in [0.2, 0.25) is 0 Å². The molecule has 0 heterocycles. The summed E-state index contributed by atoms with van der Waals surface area (Å²) in [6.45, 7) is 0. The van der Waals surface area contributed by atoms with Gasteiger partial charge in [0.05, 0.1) is 0 Å². The maximum absolute atomic E-state index is 3.77. The number of hydrogen-bond acceptors (Lipinski definition) is 0. The predicted molar refractivity (Wildman–Crippen MR) is 131 cm³/mol. The summed E-state index contributed by atoms with van der Waals surface area (Å²) >= 11 is 3.77. The fraction of sp³-hybridized carbons (Fsp3) is 0.0370. The van der Waals surface area contributed by atoms with Crippen molar-refractivity contribution in [2.45, 2.75) is 5.66 Å². The first-order valence-corrected chi connectivity index (χ1v) is 12.5. The van der Waals surface area contributed by atoms with E-state index < -0.39 is 7.26 Å². The molecule has 0 saturated heterocycles. The van der Waals surface area contributed by atoms with E-state index in [0.29, 0.717) is 5.66 Å². The zero-order valence-corrected chi connectivity index (χ0v) is 18.4.